The molecule has 3 aromatic rings. The summed E-state index contributed by atoms with van der Waals surface area (Å²) in [5.41, 5.74) is 3.58. The van der Waals surface area contributed by atoms with Gasteiger partial charge in [-0.15, -0.1) is 0 Å². The molecule has 0 atom stereocenters. The maximum absolute atomic E-state index is 13.2. The molecule has 0 saturated carbocycles. The van der Waals surface area contributed by atoms with Gasteiger partial charge in [-0.25, -0.2) is 4.79 Å². The van der Waals surface area contributed by atoms with E-state index < -0.39 is 25.1 Å². The highest BCUT2D eigenvalue weighted by atomic mass is 19.3. The van der Waals surface area contributed by atoms with Crippen LogP contribution < -0.4 is 14.4 Å². The van der Waals surface area contributed by atoms with Gasteiger partial charge >= 0.3 is 12.6 Å². The SMILES string of the molecule is COc1cc(C(=O)OCC(=O)N2c3ccccc3CCc3ccccc32)ccc1OC(F)F. The van der Waals surface area contributed by atoms with Crippen molar-refractivity contribution in [3.05, 3.63) is 83.4 Å². The molecule has 0 spiro atoms. The van der Waals surface area contributed by atoms with Gasteiger partial charge in [-0.2, -0.15) is 8.78 Å². The molecule has 33 heavy (non-hydrogen) atoms. The van der Waals surface area contributed by atoms with Crippen molar-refractivity contribution in [3.63, 3.8) is 0 Å². The summed E-state index contributed by atoms with van der Waals surface area (Å²) in [7, 11) is 1.26. The topological polar surface area (TPSA) is 65.1 Å². The van der Waals surface area contributed by atoms with Gasteiger partial charge in [-0.3, -0.25) is 9.69 Å². The van der Waals surface area contributed by atoms with Crippen LogP contribution >= 0.6 is 0 Å². The highest BCUT2D eigenvalue weighted by Crippen LogP contribution is 2.36. The molecule has 170 valence electrons. The predicted molar refractivity (Wildman–Crippen MR) is 117 cm³/mol. The first-order valence-corrected chi connectivity index (χ1v) is 10.3. The van der Waals surface area contributed by atoms with Crippen molar-refractivity contribution in [2.45, 2.75) is 19.5 Å². The molecule has 0 aromatic heterocycles. The van der Waals surface area contributed by atoms with Gasteiger partial charge in [0.2, 0.25) is 0 Å². The number of nitrogens with zero attached hydrogens (tertiary/aromatic N) is 1. The van der Waals surface area contributed by atoms with Crippen LogP contribution in [0.2, 0.25) is 0 Å². The third-order valence-electron chi connectivity index (χ3n) is 5.32. The Kier molecular flexibility index (Phi) is 6.53. The minimum Gasteiger partial charge on any atom is -0.493 e. The number of amides is 1. The summed E-state index contributed by atoms with van der Waals surface area (Å²) in [6, 6.07) is 18.9. The summed E-state index contributed by atoms with van der Waals surface area (Å²) in [4.78, 5) is 27.4. The van der Waals surface area contributed by atoms with Crippen LogP contribution in [0, 0.1) is 0 Å². The molecule has 0 fully saturated rings. The maximum Gasteiger partial charge on any atom is 0.387 e. The van der Waals surface area contributed by atoms with Crippen LogP contribution in [0.3, 0.4) is 0 Å². The van der Waals surface area contributed by atoms with Gasteiger partial charge in [0.15, 0.2) is 18.1 Å². The number of aryl methyl sites for hydroxylation is 2. The molecule has 0 saturated heterocycles. The molecule has 0 bridgehead atoms. The number of ether oxygens (including phenoxy) is 3. The van der Waals surface area contributed by atoms with Crippen LogP contribution in [0.25, 0.3) is 0 Å². The molecular weight excluding hydrogens is 432 g/mol. The summed E-state index contributed by atoms with van der Waals surface area (Å²) >= 11 is 0. The number of halogens is 2. The lowest BCUT2D eigenvalue weighted by Crippen LogP contribution is -2.31. The molecule has 1 aliphatic rings. The van der Waals surface area contributed by atoms with Crippen molar-refractivity contribution >= 4 is 23.3 Å². The lowest BCUT2D eigenvalue weighted by Gasteiger charge is -2.24. The minimum absolute atomic E-state index is 0.0398. The van der Waals surface area contributed by atoms with E-state index in [4.69, 9.17) is 9.47 Å². The first-order chi connectivity index (χ1) is 16.0. The Morgan fingerprint density at radius 3 is 2.09 bits per heavy atom. The average molecular weight is 453 g/mol. The van der Waals surface area contributed by atoms with E-state index in [-0.39, 0.29) is 17.1 Å². The largest absolute Gasteiger partial charge is 0.493 e. The molecule has 3 aromatic carbocycles. The van der Waals surface area contributed by atoms with Crippen molar-refractivity contribution in [1.29, 1.82) is 0 Å². The molecular formula is C25H21F2NO5. The summed E-state index contributed by atoms with van der Waals surface area (Å²) < 4.78 is 39.6. The number of benzene rings is 3. The van der Waals surface area contributed by atoms with Crippen LogP contribution in [-0.2, 0) is 22.4 Å². The number of anilines is 2. The highest BCUT2D eigenvalue weighted by molar-refractivity contribution is 6.04. The molecule has 4 rings (SSSR count). The first-order valence-electron chi connectivity index (χ1n) is 10.3. The number of fused-ring (bicyclic) bond motifs is 2. The summed E-state index contributed by atoms with van der Waals surface area (Å²) in [6.45, 7) is -3.53. The quantitative estimate of drug-likeness (QED) is 0.496. The number of rotatable bonds is 6. The Hall–Kier alpha value is -3.94. The second-order valence-electron chi connectivity index (χ2n) is 7.31. The zero-order chi connectivity index (χ0) is 23.4. The van der Waals surface area contributed by atoms with Crippen LogP contribution in [0.4, 0.5) is 20.2 Å². The maximum atomic E-state index is 13.2. The third-order valence-corrected chi connectivity index (χ3v) is 5.32. The standard InChI is InChI=1S/C25H21F2NO5/c1-31-22-14-18(12-13-21(22)33-25(26)27)24(30)32-15-23(29)28-19-8-4-2-6-16(19)10-11-17-7-3-5-9-20(17)28/h2-9,12-14,25H,10-11,15H2,1H3. The third kappa shape index (κ3) is 4.79. The minimum atomic E-state index is -3.03. The van der Waals surface area contributed by atoms with Crippen LogP contribution in [0.5, 0.6) is 11.5 Å². The van der Waals surface area contributed by atoms with Crippen molar-refractivity contribution < 1.29 is 32.6 Å². The predicted octanol–water partition coefficient (Wildman–Crippen LogP) is 4.92. The second-order valence-corrected chi connectivity index (χ2v) is 7.31. The number of hydrogen-bond acceptors (Lipinski definition) is 5. The fourth-order valence-electron chi connectivity index (χ4n) is 3.81. The zero-order valence-electron chi connectivity index (χ0n) is 17.8. The van der Waals surface area contributed by atoms with Crippen molar-refractivity contribution in [1.82, 2.24) is 0 Å². The van der Waals surface area contributed by atoms with E-state index in [2.05, 4.69) is 4.74 Å². The smallest absolute Gasteiger partial charge is 0.387 e. The molecule has 1 heterocycles. The fraction of sp³-hybridized carbons (Fsp3) is 0.200. The van der Waals surface area contributed by atoms with E-state index in [9.17, 15) is 18.4 Å². The number of hydrogen-bond donors (Lipinski definition) is 0. The number of alkyl halides is 2. The first kappa shape index (κ1) is 22.3. The number of carbonyl (C=O) groups excluding carboxylic acids is 2. The van der Waals surface area contributed by atoms with E-state index >= 15 is 0 Å². The monoisotopic (exact) mass is 453 g/mol. The molecule has 0 N–H and O–H groups in total. The number of esters is 1. The molecule has 6 nitrogen and oxygen atoms in total. The summed E-state index contributed by atoms with van der Waals surface area (Å²) in [6.07, 6.45) is 1.56. The fourth-order valence-corrected chi connectivity index (χ4v) is 3.81. The van der Waals surface area contributed by atoms with E-state index in [1.807, 2.05) is 48.5 Å². The summed E-state index contributed by atoms with van der Waals surface area (Å²) in [5.74, 6) is -1.46. The molecule has 1 amide bonds. The van der Waals surface area contributed by atoms with Crippen molar-refractivity contribution in [2.75, 3.05) is 18.6 Å². The van der Waals surface area contributed by atoms with Gasteiger partial charge in [0.25, 0.3) is 5.91 Å². The van der Waals surface area contributed by atoms with E-state index in [0.29, 0.717) is 0 Å². The Morgan fingerprint density at radius 2 is 1.52 bits per heavy atom. The van der Waals surface area contributed by atoms with Gasteiger partial charge in [0.1, 0.15) is 0 Å². The summed E-state index contributed by atoms with van der Waals surface area (Å²) in [5, 5.41) is 0. The van der Waals surface area contributed by atoms with Gasteiger partial charge in [-0.05, 0) is 54.3 Å². The Balaban J connectivity index is 1.54. The van der Waals surface area contributed by atoms with Gasteiger partial charge in [0.05, 0.1) is 24.0 Å². The number of para-hydroxylation sites is 2. The second kappa shape index (κ2) is 9.68. The van der Waals surface area contributed by atoms with Crippen molar-refractivity contribution in [3.8, 4) is 11.5 Å². The van der Waals surface area contributed by atoms with Gasteiger partial charge < -0.3 is 14.2 Å². The molecule has 0 radical (unpaired) electrons. The van der Waals surface area contributed by atoms with E-state index in [0.717, 1.165) is 35.3 Å². The molecule has 0 unspecified atom stereocenters. The Bertz CT molecular complexity index is 1130. The normalized spacial score (nSPS) is 12.4. The Labute approximate surface area is 189 Å². The number of methoxy groups -OCH3 is 1. The van der Waals surface area contributed by atoms with Crippen LogP contribution in [0.15, 0.2) is 66.7 Å². The van der Waals surface area contributed by atoms with Crippen LogP contribution in [0.1, 0.15) is 21.5 Å². The van der Waals surface area contributed by atoms with E-state index in [1.54, 1.807) is 4.90 Å². The number of carbonyl (C=O) groups is 2. The van der Waals surface area contributed by atoms with Crippen LogP contribution in [-0.4, -0.2) is 32.2 Å². The average Bonchev–Trinajstić information content (AvgIpc) is 2.99. The van der Waals surface area contributed by atoms with Gasteiger partial charge in [-0.1, -0.05) is 36.4 Å². The zero-order valence-corrected chi connectivity index (χ0v) is 17.8. The lowest BCUT2D eigenvalue weighted by atomic mass is 10.0. The highest BCUT2D eigenvalue weighted by Gasteiger charge is 2.26. The Morgan fingerprint density at radius 1 is 0.909 bits per heavy atom. The van der Waals surface area contributed by atoms with Gasteiger partial charge in [0, 0.05) is 0 Å². The van der Waals surface area contributed by atoms with E-state index in [1.165, 1.54) is 25.3 Å². The lowest BCUT2D eigenvalue weighted by molar-refractivity contribution is -0.121. The molecule has 1 aliphatic heterocycles. The molecule has 8 heteroatoms. The van der Waals surface area contributed by atoms with Crippen molar-refractivity contribution in [2.24, 2.45) is 0 Å². The molecule has 0 aliphatic carbocycles.